The van der Waals surface area contributed by atoms with Gasteiger partial charge in [-0.05, 0) is 55.7 Å². The molecule has 0 spiro atoms. The topological polar surface area (TPSA) is 41.1 Å². The van der Waals surface area contributed by atoms with Crippen molar-refractivity contribution >= 4 is 22.6 Å². The summed E-state index contributed by atoms with van der Waals surface area (Å²) in [6, 6.07) is 0.383. The highest BCUT2D eigenvalue weighted by Gasteiger charge is 2.40. The summed E-state index contributed by atoms with van der Waals surface area (Å²) in [7, 11) is 1.78. The molecule has 2 heterocycles. The van der Waals surface area contributed by atoms with E-state index in [1.807, 2.05) is 6.20 Å². The lowest BCUT2D eigenvalue weighted by Gasteiger charge is -2.36. The Kier molecular flexibility index (Phi) is 4.33. The lowest BCUT2D eigenvalue weighted by Crippen LogP contribution is -2.41. The van der Waals surface area contributed by atoms with E-state index in [0.29, 0.717) is 12.0 Å². The molecule has 1 aliphatic heterocycles. The second kappa shape index (κ2) is 5.46. The number of hydrogen-bond acceptors (Lipinski definition) is 3. The Morgan fingerprint density at radius 2 is 2.28 bits per heavy atom. The van der Waals surface area contributed by atoms with E-state index in [-0.39, 0.29) is 5.54 Å². The molecule has 2 rings (SSSR count). The summed E-state index contributed by atoms with van der Waals surface area (Å²) in [6.45, 7) is 8.72. The molecule has 0 radical (unpaired) electrons. The number of aromatic nitrogens is 2. The third kappa shape index (κ3) is 3.05. The molecular weight excluding hydrogens is 341 g/mol. The smallest absolute Gasteiger partial charge is 0.124 e. The summed E-state index contributed by atoms with van der Waals surface area (Å²) >= 11 is 2.28. The van der Waals surface area contributed by atoms with Crippen molar-refractivity contribution in [2.24, 2.45) is 5.92 Å². The van der Waals surface area contributed by atoms with Gasteiger partial charge in [-0.2, -0.15) is 0 Å². The molecule has 0 aromatic carbocycles. The summed E-state index contributed by atoms with van der Waals surface area (Å²) < 4.78 is 6.42. The third-order valence-corrected chi connectivity index (χ3v) is 4.08. The van der Waals surface area contributed by atoms with Crippen LogP contribution in [0.2, 0.25) is 0 Å². The van der Waals surface area contributed by atoms with Gasteiger partial charge in [-0.1, -0.05) is 0 Å². The van der Waals surface area contributed by atoms with Crippen molar-refractivity contribution in [1.82, 2.24) is 14.9 Å². The van der Waals surface area contributed by atoms with Crippen molar-refractivity contribution in [2.45, 2.75) is 38.8 Å². The number of halogens is 1. The Morgan fingerprint density at radius 1 is 1.56 bits per heavy atom. The predicted octanol–water partition coefficient (Wildman–Crippen LogP) is 2.82. The normalized spacial score (nSPS) is 25.8. The maximum Gasteiger partial charge on any atom is 0.124 e. The number of hydrogen-bond donors (Lipinski definition) is 1. The van der Waals surface area contributed by atoms with Crippen LogP contribution in [0.1, 0.15) is 39.1 Å². The van der Waals surface area contributed by atoms with E-state index in [4.69, 9.17) is 4.74 Å². The van der Waals surface area contributed by atoms with Crippen LogP contribution in [0, 0.1) is 9.62 Å². The largest absolute Gasteiger partial charge is 0.384 e. The second-order valence-electron chi connectivity index (χ2n) is 6.01. The molecule has 4 nitrogen and oxygen atoms in total. The first-order valence-corrected chi connectivity index (χ1v) is 7.45. The summed E-state index contributed by atoms with van der Waals surface area (Å²) in [5.41, 5.74) is 0.158. The van der Waals surface area contributed by atoms with E-state index in [9.17, 15) is 0 Å². The lowest BCUT2D eigenvalue weighted by atomic mass is 10.0. The van der Waals surface area contributed by atoms with E-state index in [2.05, 4.69) is 58.2 Å². The molecule has 102 valence electrons. The van der Waals surface area contributed by atoms with E-state index >= 15 is 0 Å². The van der Waals surface area contributed by atoms with Crippen LogP contribution in [0.3, 0.4) is 0 Å². The van der Waals surface area contributed by atoms with Crippen LogP contribution in [-0.2, 0) is 4.74 Å². The maximum absolute atomic E-state index is 5.32. The van der Waals surface area contributed by atoms with Gasteiger partial charge < -0.3 is 9.72 Å². The van der Waals surface area contributed by atoms with Gasteiger partial charge in [-0.15, -0.1) is 0 Å². The highest BCUT2D eigenvalue weighted by atomic mass is 127. The highest BCUT2D eigenvalue weighted by Crippen LogP contribution is 2.39. The minimum absolute atomic E-state index is 0.158. The fourth-order valence-electron chi connectivity index (χ4n) is 2.76. The van der Waals surface area contributed by atoms with Crippen LogP contribution >= 0.6 is 22.6 Å². The molecule has 1 aliphatic rings. The summed E-state index contributed by atoms with van der Waals surface area (Å²) in [5, 5.41) is 0. The summed E-state index contributed by atoms with van der Waals surface area (Å²) in [6.07, 6.45) is 3.02. The molecule has 1 aromatic heterocycles. The van der Waals surface area contributed by atoms with Crippen molar-refractivity contribution in [3.8, 4) is 0 Å². The fourth-order valence-corrected chi connectivity index (χ4v) is 3.18. The Bertz CT molecular complexity index is 399. The standard InChI is InChI=1S/C13H22IN3O/c1-13(2,3)17-7-9(8-18-4)5-10(17)12-15-6-11(14)16-12/h6,9-10H,5,7-8H2,1-4H3,(H,15,16)/t9-,10-/m0/s1. The number of imidazole rings is 1. The van der Waals surface area contributed by atoms with Crippen LogP contribution in [0.5, 0.6) is 0 Å². The summed E-state index contributed by atoms with van der Waals surface area (Å²) in [4.78, 5) is 10.4. The monoisotopic (exact) mass is 363 g/mol. The van der Waals surface area contributed by atoms with Gasteiger partial charge in [0.15, 0.2) is 0 Å². The van der Waals surface area contributed by atoms with E-state index < -0.39 is 0 Å². The molecule has 0 bridgehead atoms. The molecule has 18 heavy (non-hydrogen) atoms. The minimum Gasteiger partial charge on any atom is -0.384 e. The van der Waals surface area contributed by atoms with Gasteiger partial charge in [-0.3, -0.25) is 4.90 Å². The number of nitrogens with one attached hydrogen (secondary N) is 1. The molecular formula is C13H22IN3O. The van der Waals surface area contributed by atoms with Crippen molar-refractivity contribution < 1.29 is 4.74 Å². The fraction of sp³-hybridized carbons (Fsp3) is 0.769. The van der Waals surface area contributed by atoms with Gasteiger partial charge in [0.1, 0.15) is 5.82 Å². The van der Waals surface area contributed by atoms with Gasteiger partial charge >= 0.3 is 0 Å². The molecule has 0 unspecified atom stereocenters. The number of ether oxygens (including phenoxy) is 1. The Morgan fingerprint density at radius 3 is 2.78 bits per heavy atom. The van der Waals surface area contributed by atoms with Gasteiger partial charge in [0, 0.05) is 19.2 Å². The quantitative estimate of drug-likeness (QED) is 0.840. The minimum atomic E-state index is 0.158. The van der Waals surface area contributed by atoms with Gasteiger partial charge in [-0.25, -0.2) is 4.98 Å². The molecule has 2 atom stereocenters. The molecule has 0 saturated carbocycles. The van der Waals surface area contributed by atoms with E-state index in [1.165, 1.54) is 0 Å². The molecule has 5 heteroatoms. The highest BCUT2D eigenvalue weighted by molar-refractivity contribution is 14.1. The van der Waals surface area contributed by atoms with Crippen LogP contribution in [0.15, 0.2) is 6.20 Å². The number of H-pyrrole nitrogens is 1. The first-order valence-electron chi connectivity index (χ1n) is 6.38. The third-order valence-electron chi connectivity index (χ3n) is 3.53. The zero-order valence-electron chi connectivity index (χ0n) is 11.5. The zero-order valence-corrected chi connectivity index (χ0v) is 13.7. The number of nitrogens with zero attached hydrogens (tertiary/aromatic N) is 2. The van der Waals surface area contributed by atoms with Gasteiger partial charge in [0.05, 0.1) is 22.5 Å². The van der Waals surface area contributed by atoms with Crippen LogP contribution in [0.25, 0.3) is 0 Å². The first kappa shape index (κ1) is 14.3. The van der Waals surface area contributed by atoms with Crippen molar-refractivity contribution in [2.75, 3.05) is 20.3 Å². The SMILES string of the molecule is COC[C@H]1C[C@@H](c2ncc(I)[nH]2)N(C(C)(C)C)C1. The lowest BCUT2D eigenvalue weighted by molar-refractivity contribution is 0.105. The first-order chi connectivity index (χ1) is 8.41. The van der Waals surface area contributed by atoms with Crippen LogP contribution < -0.4 is 0 Å². The van der Waals surface area contributed by atoms with Gasteiger partial charge in [0.25, 0.3) is 0 Å². The molecule has 1 N–H and O–H groups in total. The molecule has 0 aliphatic carbocycles. The van der Waals surface area contributed by atoms with Gasteiger partial charge in [0.2, 0.25) is 0 Å². The Hall–Kier alpha value is -0.140. The van der Waals surface area contributed by atoms with Crippen molar-refractivity contribution in [3.05, 3.63) is 15.7 Å². The number of aromatic amines is 1. The predicted molar refractivity (Wildman–Crippen MR) is 80.5 cm³/mol. The Balaban J connectivity index is 2.20. The molecule has 1 fully saturated rings. The van der Waals surface area contributed by atoms with Crippen LogP contribution in [-0.4, -0.2) is 40.7 Å². The summed E-state index contributed by atoms with van der Waals surface area (Å²) in [5.74, 6) is 1.69. The van der Waals surface area contributed by atoms with Crippen LogP contribution in [0.4, 0.5) is 0 Å². The average molecular weight is 363 g/mol. The van der Waals surface area contributed by atoms with Crippen molar-refractivity contribution in [1.29, 1.82) is 0 Å². The average Bonchev–Trinajstić information content (AvgIpc) is 2.83. The number of rotatable bonds is 3. The number of likely N-dealkylation sites (tertiary alicyclic amines) is 1. The molecule has 1 aromatic rings. The second-order valence-corrected chi connectivity index (χ2v) is 7.17. The molecule has 0 amide bonds. The van der Waals surface area contributed by atoms with Crippen molar-refractivity contribution in [3.63, 3.8) is 0 Å². The number of methoxy groups -OCH3 is 1. The van der Waals surface area contributed by atoms with E-state index in [1.54, 1.807) is 7.11 Å². The van der Waals surface area contributed by atoms with E-state index in [0.717, 1.165) is 29.1 Å². The molecule has 1 saturated heterocycles. The maximum atomic E-state index is 5.32. The zero-order chi connectivity index (χ0) is 13.3. The Labute approximate surface area is 123 Å².